The van der Waals surface area contributed by atoms with Gasteiger partial charge in [-0.25, -0.2) is 0 Å². The Bertz CT molecular complexity index is 1410. The van der Waals surface area contributed by atoms with E-state index in [1.807, 2.05) is 56.4 Å². The van der Waals surface area contributed by atoms with Crippen molar-refractivity contribution in [2.75, 3.05) is 25.6 Å². The zero-order valence-corrected chi connectivity index (χ0v) is 20.7. The number of carbonyl (C=O) groups is 3. The van der Waals surface area contributed by atoms with E-state index in [0.29, 0.717) is 19.4 Å². The molecule has 1 spiro atoms. The molecule has 3 N–H and O–H groups in total. The van der Waals surface area contributed by atoms with Gasteiger partial charge in [-0.1, -0.05) is 30.3 Å². The van der Waals surface area contributed by atoms with Crippen LogP contribution in [0, 0.1) is 25.7 Å². The van der Waals surface area contributed by atoms with Gasteiger partial charge in [0.1, 0.15) is 5.54 Å². The lowest BCUT2D eigenvalue weighted by Crippen LogP contribution is -2.53. The molecule has 8 nitrogen and oxygen atoms in total. The number of methoxy groups -OCH3 is 1. The van der Waals surface area contributed by atoms with Gasteiger partial charge in [-0.15, -0.1) is 0 Å². The number of hydrogen-bond acceptors (Lipinski definition) is 5. The minimum Gasteiger partial charge on any atom is -0.385 e. The van der Waals surface area contributed by atoms with Crippen LogP contribution in [0.4, 0.5) is 5.69 Å². The number of aromatic nitrogens is 1. The molecule has 2 aromatic carbocycles. The highest BCUT2D eigenvalue weighted by molar-refractivity contribution is 6.15. The minimum atomic E-state index is -1.28. The Balaban J connectivity index is 1.46. The van der Waals surface area contributed by atoms with Crippen molar-refractivity contribution in [3.63, 3.8) is 0 Å². The Morgan fingerprint density at radius 3 is 2.67 bits per heavy atom. The summed E-state index contributed by atoms with van der Waals surface area (Å²) in [5.41, 5.74) is 4.33. The fraction of sp³-hybridized carbons (Fsp3) is 0.393. The van der Waals surface area contributed by atoms with E-state index in [-0.39, 0.29) is 30.3 Å². The molecule has 4 atom stereocenters. The Hall–Kier alpha value is -3.49. The van der Waals surface area contributed by atoms with Gasteiger partial charge in [0, 0.05) is 54.7 Å². The predicted octanol–water partition coefficient (Wildman–Crippen LogP) is 2.78. The number of aryl methyl sites for hydroxylation is 1. The molecule has 0 radical (unpaired) electrons. The van der Waals surface area contributed by atoms with E-state index in [4.69, 9.17) is 4.74 Å². The van der Waals surface area contributed by atoms with Crippen LogP contribution in [-0.4, -0.2) is 53.9 Å². The first-order chi connectivity index (χ1) is 17.4. The highest BCUT2D eigenvalue weighted by Gasteiger charge is 2.70. The number of fused-ring (bicyclic) bond motifs is 5. The second kappa shape index (κ2) is 8.28. The third kappa shape index (κ3) is 3.04. The second-order valence-corrected chi connectivity index (χ2v) is 10.2. The van der Waals surface area contributed by atoms with Crippen LogP contribution in [0.25, 0.3) is 10.9 Å². The van der Waals surface area contributed by atoms with Crippen molar-refractivity contribution in [3.05, 3.63) is 64.8 Å². The molecule has 3 aliphatic heterocycles. The van der Waals surface area contributed by atoms with E-state index < -0.39 is 17.4 Å². The molecule has 0 saturated carbocycles. The van der Waals surface area contributed by atoms with Crippen molar-refractivity contribution in [1.29, 1.82) is 0 Å². The normalized spacial score (nSPS) is 26.8. The maximum absolute atomic E-state index is 13.9. The number of imide groups is 1. The SMILES string of the molecule is COCCCN1C(=O)C2C(Cc3c[nH]c4ccccc34)NC3(C(=O)Nc4c3ccc(C)c4C)C2C1=O. The highest BCUT2D eigenvalue weighted by Crippen LogP contribution is 2.54. The predicted molar refractivity (Wildman–Crippen MR) is 135 cm³/mol. The van der Waals surface area contributed by atoms with Gasteiger partial charge in [0.2, 0.25) is 17.7 Å². The van der Waals surface area contributed by atoms with Gasteiger partial charge in [0.15, 0.2) is 0 Å². The number of nitrogens with one attached hydrogen (secondary N) is 3. The molecule has 3 aliphatic rings. The number of anilines is 1. The number of para-hydroxylation sites is 1. The van der Waals surface area contributed by atoms with E-state index >= 15 is 0 Å². The summed E-state index contributed by atoms with van der Waals surface area (Å²) in [7, 11) is 1.60. The number of aromatic amines is 1. The smallest absolute Gasteiger partial charge is 0.250 e. The zero-order chi connectivity index (χ0) is 25.2. The summed E-state index contributed by atoms with van der Waals surface area (Å²) in [6.45, 7) is 4.72. The molecular formula is C28H30N4O4. The summed E-state index contributed by atoms with van der Waals surface area (Å²) in [5.74, 6) is -2.18. The number of rotatable bonds is 6. The largest absolute Gasteiger partial charge is 0.385 e. The Kier molecular flexibility index (Phi) is 5.28. The quantitative estimate of drug-likeness (QED) is 0.367. The van der Waals surface area contributed by atoms with Gasteiger partial charge >= 0.3 is 0 Å². The van der Waals surface area contributed by atoms with Gasteiger partial charge in [0.05, 0.1) is 11.8 Å². The van der Waals surface area contributed by atoms with E-state index in [2.05, 4.69) is 15.6 Å². The first-order valence-electron chi connectivity index (χ1n) is 12.5. The molecule has 186 valence electrons. The third-order valence-electron chi connectivity index (χ3n) is 8.36. The molecule has 0 bridgehead atoms. The van der Waals surface area contributed by atoms with Gasteiger partial charge < -0.3 is 15.0 Å². The van der Waals surface area contributed by atoms with Crippen molar-refractivity contribution in [1.82, 2.24) is 15.2 Å². The van der Waals surface area contributed by atoms with Crippen LogP contribution < -0.4 is 10.6 Å². The van der Waals surface area contributed by atoms with Gasteiger partial charge in [-0.2, -0.15) is 0 Å². The lowest BCUT2D eigenvalue weighted by atomic mass is 9.75. The van der Waals surface area contributed by atoms with E-state index in [0.717, 1.165) is 38.8 Å². The van der Waals surface area contributed by atoms with Crippen LogP contribution in [0.2, 0.25) is 0 Å². The topological polar surface area (TPSA) is 104 Å². The number of hydrogen-bond donors (Lipinski definition) is 3. The Morgan fingerprint density at radius 1 is 1.06 bits per heavy atom. The number of amides is 3. The number of benzene rings is 2. The fourth-order valence-electron chi connectivity index (χ4n) is 6.48. The van der Waals surface area contributed by atoms with Crippen molar-refractivity contribution >= 4 is 34.3 Å². The van der Waals surface area contributed by atoms with Crippen LogP contribution in [0.1, 0.15) is 28.7 Å². The maximum Gasteiger partial charge on any atom is 0.250 e. The molecule has 3 amide bonds. The number of ether oxygens (including phenoxy) is 1. The standard InChI is InChI=1S/C28H30N4O4/c1-15-9-10-19-24(16(15)2)30-27(35)28(19)23-22(25(33)32(26(23)34)11-6-12-36-3)21(31-28)13-17-14-29-20-8-5-4-7-18(17)20/h4-5,7-10,14,21-23,29,31H,6,11-13H2,1-3H3,(H,30,35). The van der Waals surface area contributed by atoms with Crippen LogP contribution >= 0.6 is 0 Å². The molecular weight excluding hydrogens is 456 g/mol. The van der Waals surface area contributed by atoms with Crippen LogP contribution in [0.15, 0.2) is 42.6 Å². The number of H-pyrrole nitrogens is 1. The zero-order valence-electron chi connectivity index (χ0n) is 20.7. The van der Waals surface area contributed by atoms with Crippen LogP contribution in [0.3, 0.4) is 0 Å². The molecule has 3 aromatic rings. The van der Waals surface area contributed by atoms with Crippen molar-refractivity contribution in [2.24, 2.45) is 11.8 Å². The maximum atomic E-state index is 13.9. The molecule has 36 heavy (non-hydrogen) atoms. The van der Waals surface area contributed by atoms with Gasteiger partial charge in [-0.05, 0) is 49.4 Å². The third-order valence-corrected chi connectivity index (χ3v) is 8.36. The van der Waals surface area contributed by atoms with Gasteiger partial charge in [0.25, 0.3) is 0 Å². The summed E-state index contributed by atoms with van der Waals surface area (Å²) in [4.78, 5) is 46.0. The molecule has 0 aliphatic carbocycles. The monoisotopic (exact) mass is 486 g/mol. The molecule has 4 unspecified atom stereocenters. The lowest BCUT2D eigenvalue weighted by molar-refractivity contribution is -0.143. The molecule has 2 fully saturated rings. The van der Waals surface area contributed by atoms with Crippen LogP contribution in [-0.2, 0) is 31.1 Å². The van der Waals surface area contributed by atoms with Crippen molar-refractivity contribution in [2.45, 2.75) is 38.3 Å². The van der Waals surface area contributed by atoms with E-state index in [1.54, 1.807) is 7.11 Å². The molecule has 6 rings (SSSR count). The Labute approximate surface area is 209 Å². The molecule has 4 heterocycles. The average molecular weight is 487 g/mol. The second-order valence-electron chi connectivity index (χ2n) is 10.2. The number of nitrogens with zero attached hydrogens (tertiary/aromatic N) is 1. The summed E-state index contributed by atoms with van der Waals surface area (Å²) < 4.78 is 5.15. The number of carbonyl (C=O) groups excluding carboxylic acids is 3. The summed E-state index contributed by atoms with van der Waals surface area (Å²) in [5, 5.41) is 7.68. The van der Waals surface area contributed by atoms with E-state index in [9.17, 15) is 14.4 Å². The van der Waals surface area contributed by atoms with Crippen molar-refractivity contribution < 1.29 is 19.1 Å². The Morgan fingerprint density at radius 2 is 1.86 bits per heavy atom. The average Bonchev–Trinajstić information content (AvgIpc) is 3.57. The summed E-state index contributed by atoms with van der Waals surface area (Å²) >= 11 is 0. The summed E-state index contributed by atoms with van der Waals surface area (Å²) in [6, 6.07) is 11.6. The number of likely N-dealkylation sites (tertiary alicyclic amines) is 1. The van der Waals surface area contributed by atoms with E-state index in [1.165, 1.54) is 4.90 Å². The summed E-state index contributed by atoms with van der Waals surface area (Å²) in [6.07, 6.45) is 3.04. The fourth-order valence-corrected chi connectivity index (χ4v) is 6.48. The molecule has 1 aromatic heterocycles. The first-order valence-corrected chi connectivity index (χ1v) is 12.5. The minimum absolute atomic E-state index is 0.208. The van der Waals surface area contributed by atoms with Gasteiger partial charge in [-0.3, -0.25) is 24.6 Å². The lowest BCUT2D eigenvalue weighted by Gasteiger charge is -2.29. The highest BCUT2D eigenvalue weighted by atomic mass is 16.5. The molecule has 2 saturated heterocycles. The van der Waals surface area contributed by atoms with Crippen molar-refractivity contribution in [3.8, 4) is 0 Å². The van der Waals surface area contributed by atoms with Crippen LogP contribution in [0.5, 0.6) is 0 Å². The molecule has 8 heteroatoms. The first kappa shape index (κ1) is 22.9.